The first-order valence-corrected chi connectivity index (χ1v) is 9.75. The smallest absolute Gasteiger partial charge is 0.324 e. The van der Waals surface area contributed by atoms with Gasteiger partial charge >= 0.3 is 12.1 Å². The van der Waals surface area contributed by atoms with Crippen molar-refractivity contribution in [2.24, 2.45) is 0 Å². The van der Waals surface area contributed by atoms with Gasteiger partial charge in [0.15, 0.2) is 23.2 Å². The lowest BCUT2D eigenvalue weighted by molar-refractivity contribution is -0.0335. The van der Waals surface area contributed by atoms with E-state index in [2.05, 4.69) is 36.2 Å². The molecule has 0 radical (unpaired) electrons. The van der Waals surface area contributed by atoms with Gasteiger partial charge in [-0.3, -0.25) is 9.88 Å². The number of aliphatic hydroxyl groups is 2. The minimum Gasteiger partial charge on any atom is -0.387 e. The number of urea groups is 2. The molecule has 3 heterocycles. The molecule has 0 saturated carbocycles. The second-order valence-electron chi connectivity index (χ2n) is 7.00. The van der Waals surface area contributed by atoms with Gasteiger partial charge in [0.25, 0.3) is 0 Å². The van der Waals surface area contributed by atoms with Crippen molar-refractivity contribution in [3.63, 3.8) is 0 Å². The third-order valence-electron chi connectivity index (χ3n) is 4.92. The van der Waals surface area contributed by atoms with Crippen molar-refractivity contribution >= 4 is 34.7 Å². The van der Waals surface area contributed by atoms with E-state index in [9.17, 15) is 19.8 Å². The summed E-state index contributed by atoms with van der Waals surface area (Å²) < 4.78 is 7.19. The molecule has 0 spiro atoms. The number of carbonyl (C=O) groups excluding carboxylic acids is 2. The summed E-state index contributed by atoms with van der Waals surface area (Å²) in [6.07, 6.45) is -1.79. The molecule has 6 N–H and O–H groups in total. The van der Waals surface area contributed by atoms with Gasteiger partial charge < -0.3 is 30.9 Å². The predicted molar refractivity (Wildman–Crippen MR) is 113 cm³/mol. The van der Waals surface area contributed by atoms with Gasteiger partial charge in [-0.05, 0) is 12.1 Å². The number of aliphatic hydroxyl groups excluding tert-OH is 2. The van der Waals surface area contributed by atoms with E-state index in [0.717, 1.165) is 0 Å². The molecule has 1 aliphatic heterocycles. The molecule has 4 atom stereocenters. The highest BCUT2D eigenvalue weighted by molar-refractivity contribution is 6.02. The number of aromatic nitrogens is 4. The molecule has 2 aromatic heterocycles. The van der Waals surface area contributed by atoms with Gasteiger partial charge in [-0.15, -0.1) is 0 Å². The highest BCUT2D eigenvalue weighted by Crippen LogP contribution is 2.32. The molecule has 1 aliphatic rings. The normalized spacial score (nSPS) is 22.5. The molecule has 1 saturated heterocycles. The SMILES string of the molecule is CNC(=O)NC[C@H]1O[C@@H](n2cnc3c(NC(=O)Nc4ccccc4)ncnc32)C(O)C1O. The fraction of sp³-hybridized carbons (Fsp3) is 0.316. The van der Waals surface area contributed by atoms with Crippen LogP contribution in [0.15, 0.2) is 43.0 Å². The number of amides is 4. The molecule has 32 heavy (non-hydrogen) atoms. The van der Waals surface area contributed by atoms with Crippen LogP contribution in [-0.4, -0.2) is 73.7 Å². The van der Waals surface area contributed by atoms with Crippen molar-refractivity contribution in [3.05, 3.63) is 43.0 Å². The van der Waals surface area contributed by atoms with Crippen molar-refractivity contribution in [2.75, 3.05) is 24.2 Å². The number of rotatable bonds is 5. The Morgan fingerprint density at radius 2 is 1.84 bits per heavy atom. The van der Waals surface area contributed by atoms with Crippen molar-refractivity contribution in [3.8, 4) is 0 Å². The molecule has 2 unspecified atom stereocenters. The van der Waals surface area contributed by atoms with Crippen LogP contribution < -0.4 is 21.3 Å². The van der Waals surface area contributed by atoms with E-state index in [4.69, 9.17) is 4.74 Å². The van der Waals surface area contributed by atoms with E-state index in [0.29, 0.717) is 5.69 Å². The van der Waals surface area contributed by atoms with Gasteiger partial charge in [-0.2, -0.15) is 0 Å². The van der Waals surface area contributed by atoms with Crippen molar-refractivity contribution in [1.82, 2.24) is 30.2 Å². The van der Waals surface area contributed by atoms with Crippen LogP contribution in [0.4, 0.5) is 21.1 Å². The number of nitrogens with zero attached hydrogens (tertiary/aromatic N) is 4. The van der Waals surface area contributed by atoms with E-state index < -0.39 is 36.6 Å². The molecule has 0 aliphatic carbocycles. The van der Waals surface area contributed by atoms with Crippen LogP contribution in [0, 0.1) is 0 Å². The molecule has 3 aromatic rings. The summed E-state index contributed by atoms with van der Waals surface area (Å²) in [5.74, 6) is 0.160. The Hall–Kier alpha value is -3.81. The van der Waals surface area contributed by atoms with Crippen LogP contribution in [0.1, 0.15) is 6.23 Å². The number of nitrogens with one attached hydrogen (secondary N) is 4. The number of fused-ring (bicyclic) bond motifs is 1. The standard InChI is InChI=1S/C19H22N8O5/c1-20-18(30)21-7-11-13(28)14(29)17(32-11)27-9-24-12-15(22-8-23-16(12)27)26-19(31)25-10-5-3-2-4-6-10/h2-6,8-9,11,13-14,17,28-29H,7H2,1H3,(H2,20,21,30)(H2,22,23,25,26,31)/t11-,13?,14?,17-/m1/s1. The maximum Gasteiger partial charge on any atom is 0.324 e. The zero-order valence-corrected chi connectivity index (χ0v) is 17.0. The summed E-state index contributed by atoms with van der Waals surface area (Å²) in [5, 5.41) is 31.0. The van der Waals surface area contributed by atoms with Crippen molar-refractivity contribution in [2.45, 2.75) is 24.5 Å². The third kappa shape index (κ3) is 4.30. The molecule has 1 fully saturated rings. The Balaban J connectivity index is 1.51. The largest absolute Gasteiger partial charge is 0.387 e. The van der Waals surface area contributed by atoms with E-state index in [1.165, 1.54) is 24.3 Å². The second-order valence-corrected chi connectivity index (χ2v) is 7.00. The van der Waals surface area contributed by atoms with Crippen LogP contribution in [-0.2, 0) is 4.74 Å². The molecule has 1 aromatic carbocycles. The maximum absolute atomic E-state index is 12.3. The van der Waals surface area contributed by atoms with E-state index in [1.807, 2.05) is 6.07 Å². The maximum atomic E-state index is 12.3. The first kappa shape index (κ1) is 21.4. The van der Waals surface area contributed by atoms with Crippen molar-refractivity contribution in [1.29, 1.82) is 0 Å². The Labute approximate surface area is 181 Å². The number of hydrogen-bond acceptors (Lipinski definition) is 8. The van der Waals surface area contributed by atoms with E-state index in [1.54, 1.807) is 24.3 Å². The first-order chi connectivity index (χ1) is 15.5. The molecule has 4 amide bonds. The summed E-state index contributed by atoms with van der Waals surface area (Å²) in [6.45, 7) is -0.0114. The minimum absolute atomic E-state index is 0.0114. The molecule has 168 valence electrons. The van der Waals surface area contributed by atoms with Crippen molar-refractivity contribution < 1.29 is 24.5 Å². The monoisotopic (exact) mass is 442 g/mol. The van der Waals surface area contributed by atoms with Gasteiger partial charge in [-0.1, -0.05) is 18.2 Å². The summed E-state index contributed by atoms with van der Waals surface area (Å²) >= 11 is 0. The van der Waals surface area contributed by atoms with Gasteiger partial charge in [0.2, 0.25) is 0 Å². The van der Waals surface area contributed by atoms with Gasteiger partial charge in [0, 0.05) is 19.3 Å². The van der Waals surface area contributed by atoms with Crippen LogP contribution in [0.5, 0.6) is 0 Å². The number of ether oxygens (including phenoxy) is 1. The molecule has 0 bridgehead atoms. The molecule has 4 rings (SSSR count). The number of anilines is 2. The summed E-state index contributed by atoms with van der Waals surface area (Å²) in [6, 6.07) is 7.94. The summed E-state index contributed by atoms with van der Waals surface area (Å²) in [4.78, 5) is 36.2. The Morgan fingerprint density at radius 1 is 1.06 bits per heavy atom. The van der Waals surface area contributed by atoms with Gasteiger partial charge in [-0.25, -0.2) is 24.5 Å². The van der Waals surface area contributed by atoms with Crippen LogP contribution in [0.25, 0.3) is 11.2 Å². The zero-order chi connectivity index (χ0) is 22.7. The lowest BCUT2D eigenvalue weighted by Gasteiger charge is -2.16. The summed E-state index contributed by atoms with van der Waals surface area (Å²) in [7, 11) is 1.46. The molecule has 13 nitrogen and oxygen atoms in total. The average Bonchev–Trinajstić information content (AvgIpc) is 3.34. The predicted octanol–water partition coefficient (Wildman–Crippen LogP) is 0.0185. The lowest BCUT2D eigenvalue weighted by atomic mass is 10.1. The van der Waals surface area contributed by atoms with E-state index >= 15 is 0 Å². The van der Waals surface area contributed by atoms with Gasteiger partial charge in [0.1, 0.15) is 24.6 Å². The Bertz CT molecular complexity index is 1110. The molecular formula is C19H22N8O5. The number of benzene rings is 1. The quantitative estimate of drug-likeness (QED) is 0.320. The number of hydrogen-bond donors (Lipinski definition) is 6. The number of para-hydroxylation sites is 1. The molecule has 13 heteroatoms. The zero-order valence-electron chi connectivity index (χ0n) is 17.0. The van der Waals surface area contributed by atoms with Gasteiger partial charge in [0.05, 0.1) is 6.33 Å². The Morgan fingerprint density at radius 3 is 2.59 bits per heavy atom. The van der Waals surface area contributed by atoms with Crippen LogP contribution in [0.3, 0.4) is 0 Å². The number of imidazole rings is 1. The number of carbonyl (C=O) groups is 2. The van der Waals surface area contributed by atoms with Crippen LogP contribution in [0.2, 0.25) is 0 Å². The van der Waals surface area contributed by atoms with E-state index in [-0.39, 0.29) is 23.5 Å². The highest BCUT2D eigenvalue weighted by Gasteiger charge is 2.44. The summed E-state index contributed by atoms with van der Waals surface area (Å²) in [5.41, 5.74) is 1.16. The lowest BCUT2D eigenvalue weighted by Crippen LogP contribution is -2.42. The average molecular weight is 442 g/mol. The third-order valence-corrected chi connectivity index (χ3v) is 4.92. The highest BCUT2D eigenvalue weighted by atomic mass is 16.6. The first-order valence-electron chi connectivity index (χ1n) is 9.75. The fourth-order valence-corrected chi connectivity index (χ4v) is 3.33. The molecular weight excluding hydrogens is 420 g/mol. The second kappa shape index (κ2) is 9.13. The Kier molecular flexibility index (Phi) is 6.11. The minimum atomic E-state index is -1.29. The topological polar surface area (TPSA) is 176 Å². The fourth-order valence-electron chi connectivity index (χ4n) is 3.33. The van der Waals surface area contributed by atoms with Crippen LogP contribution >= 0.6 is 0 Å².